The molecule has 0 saturated carbocycles. The van der Waals surface area contributed by atoms with Crippen LogP contribution in [0.4, 0.5) is 4.39 Å². The zero-order valence-electron chi connectivity index (χ0n) is 11.1. The second-order valence-electron chi connectivity index (χ2n) is 4.36. The van der Waals surface area contributed by atoms with Crippen molar-refractivity contribution in [3.63, 3.8) is 0 Å². The van der Waals surface area contributed by atoms with Crippen LogP contribution in [0.2, 0.25) is 5.02 Å². The molecule has 3 rings (SSSR count). The third kappa shape index (κ3) is 3.18. The molecule has 0 fully saturated rings. The Morgan fingerprint density at radius 2 is 2.23 bits per heavy atom. The van der Waals surface area contributed by atoms with E-state index in [-0.39, 0.29) is 17.2 Å². The standard InChI is InChI=1S/C15H9ClFNO3S/c16-9-3-4-11(12(17)6-9)15(19)20-8-10-7-13(21-18-10)14-2-1-5-22-14/h1-7H,8H2. The van der Waals surface area contributed by atoms with Gasteiger partial charge in [-0.2, -0.15) is 0 Å². The Balaban J connectivity index is 1.66. The quantitative estimate of drug-likeness (QED) is 0.655. The maximum absolute atomic E-state index is 13.6. The van der Waals surface area contributed by atoms with Crippen LogP contribution in [0.15, 0.2) is 46.3 Å². The SMILES string of the molecule is O=C(OCc1cc(-c2cccs2)on1)c1ccc(Cl)cc1F. The summed E-state index contributed by atoms with van der Waals surface area (Å²) in [6.07, 6.45) is 0. The monoisotopic (exact) mass is 337 g/mol. The Hall–Kier alpha value is -2.18. The van der Waals surface area contributed by atoms with Gasteiger partial charge < -0.3 is 9.26 Å². The lowest BCUT2D eigenvalue weighted by atomic mass is 10.2. The number of aromatic nitrogens is 1. The van der Waals surface area contributed by atoms with E-state index in [0.717, 1.165) is 10.9 Å². The van der Waals surface area contributed by atoms with Crippen LogP contribution in [0.5, 0.6) is 0 Å². The molecule has 0 unspecified atom stereocenters. The van der Waals surface area contributed by atoms with E-state index in [1.807, 2.05) is 17.5 Å². The van der Waals surface area contributed by atoms with Gasteiger partial charge in [-0.3, -0.25) is 0 Å². The summed E-state index contributed by atoms with van der Waals surface area (Å²) in [7, 11) is 0. The van der Waals surface area contributed by atoms with E-state index in [2.05, 4.69) is 5.16 Å². The lowest BCUT2D eigenvalue weighted by Crippen LogP contribution is -2.07. The normalized spacial score (nSPS) is 10.6. The molecular formula is C15H9ClFNO3S. The highest BCUT2D eigenvalue weighted by Gasteiger charge is 2.15. The highest BCUT2D eigenvalue weighted by atomic mass is 35.5. The van der Waals surface area contributed by atoms with Crippen LogP contribution in [0.1, 0.15) is 16.1 Å². The molecule has 0 atom stereocenters. The summed E-state index contributed by atoms with van der Waals surface area (Å²) in [5.41, 5.74) is 0.275. The first-order valence-corrected chi connectivity index (χ1v) is 7.51. The summed E-state index contributed by atoms with van der Waals surface area (Å²) in [6.45, 7) is -0.101. The molecule has 0 N–H and O–H groups in total. The third-order valence-corrected chi connectivity index (χ3v) is 3.94. The number of rotatable bonds is 4. The molecule has 4 nitrogen and oxygen atoms in total. The minimum absolute atomic E-state index is 0.101. The zero-order chi connectivity index (χ0) is 15.5. The number of carbonyl (C=O) groups is 1. The van der Waals surface area contributed by atoms with Gasteiger partial charge in [-0.05, 0) is 29.6 Å². The van der Waals surface area contributed by atoms with Crippen molar-refractivity contribution in [2.45, 2.75) is 6.61 Å². The number of esters is 1. The average Bonchev–Trinajstić information content (AvgIpc) is 3.16. The van der Waals surface area contributed by atoms with E-state index in [9.17, 15) is 9.18 Å². The number of halogens is 2. The van der Waals surface area contributed by atoms with E-state index in [1.54, 1.807) is 6.07 Å². The van der Waals surface area contributed by atoms with Crippen molar-refractivity contribution >= 4 is 28.9 Å². The number of thiophene rings is 1. The molecule has 22 heavy (non-hydrogen) atoms. The maximum Gasteiger partial charge on any atom is 0.341 e. The number of hydrogen-bond acceptors (Lipinski definition) is 5. The first-order valence-electron chi connectivity index (χ1n) is 6.25. The van der Waals surface area contributed by atoms with E-state index >= 15 is 0 Å². The maximum atomic E-state index is 13.6. The van der Waals surface area contributed by atoms with Crippen LogP contribution in [0.3, 0.4) is 0 Å². The first kappa shape index (κ1) is 14.7. The van der Waals surface area contributed by atoms with Gasteiger partial charge in [0, 0.05) is 11.1 Å². The van der Waals surface area contributed by atoms with Crippen molar-refractivity contribution in [2.24, 2.45) is 0 Å². The Morgan fingerprint density at radius 1 is 1.36 bits per heavy atom. The fourth-order valence-electron chi connectivity index (χ4n) is 1.79. The van der Waals surface area contributed by atoms with Crippen molar-refractivity contribution in [2.75, 3.05) is 0 Å². The van der Waals surface area contributed by atoms with Crippen LogP contribution in [-0.2, 0) is 11.3 Å². The van der Waals surface area contributed by atoms with Gasteiger partial charge in [0.1, 0.15) is 18.1 Å². The topological polar surface area (TPSA) is 52.3 Å². The average molecular weight is 338 g/mol. The molecule has 2 heterocycles. The molecule has 3 aromatic rings. The molecule has 0 aliphatic rings. The van der Waals surface area contributed by atoms with Crippen molar-refractivity contribution in [1.29, 1.82) is 0 Å². The van der Waals surface area contributed by atoms with Crippen molar-refractivity contribution in [3.05, 3.63) is 63.9 Å². The molecule has 112 valence electrons. The summed E-state index contributed by atoms with van der Waals surface area (Å²) < 4.78 is 23.8. The van der Waals surface area contributed by atoms with Gasteiger partial charge in [-0.15, -0.1) is 11.3 Å². The van der Waals surface area contributed by atoms with E-state index in [0.29, 0.717) is 11.5 Å². The van der Waals surface area contributed by atoms with Gasteiger partial charge in [-0.25, -0.2) is 9.18 Å². The molecule has 0 saturated heterocycles. The molecule has 0 aliphatic carbocycles. The Kier molecular flexibility index (Phi) is 4.22. The second kappa shape index (κ2) is 6.29. The Morgan fingerprint density at radius 3 is 2.95 bits per heavy atom. The van der Waals surface area contributed by atoms with Crippen molar-refractivity contribution in [3.8, 4) is 10.6 Å². The van der Waals surface area contributed by atoms with Crippen LogP contribution >= 0.6 is 22.9 Å². The van der Waals surface area contributed by atoms with E-state index in [1.165, 1.54) is 23.5 Å². The summed E-state index contributed by atoms with van der Waals surface area (Å²) in [4.78, 5) is 12.7. The lowest BCUT2D eigenvalue weighted by Gasteiger charge is -2.03. The number of ether oxygens (including phenoxy) is 1. The number of hydrogen-bond donors (Lipinski definition) is 0. The van der Waals surface area contributed by atoms with Crippen molar-refractivity contribution in [1.82, 2.24) is 5.16 Å². The van der Waals surface area contributed by atoms with E-state index in [4.69, 9.17) is 20.9 Å². The molecule has 0 amide bonds. The minimum Gasteiger partial charge on any atom is -0.455 e. The molecule has 0 spiro atoms. The molecular weight excluding hydrogens is 329 g/mol. The minimum atomic E-state index is -0.783. The number of carbonyl (C=O) groups excluding carboxylic acids is 1. The summed E-state index contributed by atoms with van der Waals surface area (Å²) in [6, 6.07) is 9.22. The molecule has 7 heteroatoms. The van der Waals surface area contributed by atoms with Gasteiger partial charge in [0.15, 0.2) is 5.76 Å². The first-order chi connectivity index (χ1) is 10.6. The highest BCUT2D eigenvalue weighted by molar-refractivity contribution is 7.13. The zero-order valence-corrected chi connectivity index (χ0v) is 12.7. The van der Waals surface area contributed by atoms with Gasteiger partial charge in [0.05, 0.1) is 10.4 Å². The van der Waals surface area contributed by atoms with Crippen LogP contribution < -0.4 is 0 Å². The molecule has 1 aromatic carbocycles. The summed E-state index contributed by atoms with van der Waals surface area (Å²) in [5, 5.41) is 5.95. The fraction of sp³-hybridized carbons (Fsp3) is 0.0667. The van der Waals surface area contributed by atoms with Crippen LogP contribution in [0, 0.1) is 5.82 Å². The molecule has 0 bridgehead atoms. The van der Waals surface area contributed by atoms with Gasteiger partial charge >= 0.3 is 5.97 Å². The van der Waals surface area contributed by atoms with E-state index < -0.39 is 11.8 Å². The summed E-state index contributed by atoms with van der Waals surface area (Å²) >= 11 is 7.14. The molecule has 2 aromatic heterocycles. The van der Waals surface area contributed by atoms with Gasteiger partial charge in [0.2, 0.25) is 0 Å². The van der Waals surface area contributed by atoms with Gasteiger partial charge in [-0.1, -0.05) is 22.8 Å². The fourth-order valence-corrected chi connectivity index (χ4v) is 2.62. The Labute approximate surface area is 134 Å². The van der Waals surface area contributed by atoms with Gasteiger partial charge in [0.25, 0.3) is 0 Å². The smallest absolute Gasteiger partial charge is 0.341 e. The Bertz CT molecular complexity index is 801. The predicted octanol–water partition coefficient (Wildman–Crippen LogP) is 4.55. The number of nitrogens with zero attached hydrogens (tertiary/aromatic N) is 1. The lowest BCUT2D eigenvalue weighted by molar-refractivity contribution is 0.0459. The third-order valence-electron chi connectivity index (χ3n) is 2.83. The molecule has 0 radical (unpaired) electrons. The predicted molar refractivity (Wildman–Crippen MR) is 80.3 cm³/mol. The van der Waals surface area contributed by atoms with Crippen LogP contribution in [-0.4, -0.2) is 11.1 Å². The summed E-state index contributed by atoms with van der Waals surface area (Å²) in [5.74, 6) is -0.912. The second-order valence-corrected chi connectivity index (χ2v) is 5.74. The largest absolute Gasteiger partial charge is 0.455 e. The number of benzene rings is 1. The molecule has 0 aliphatic heterocycles. The van der Waals surface area contributed by atoms with Crippen LogP contribution in [0.25, 0.3) is 10.6 Å². The highest BCUT2D eigenvalue weighted by Crippen LogP contribution is 2.25. The van der Waals surface area contributed by atoms with Crippen molar-refractivity contribution < 1.29 is 18.4 Å².